The number of likely N-dealkylation sites (tertiary alicyclic amines) is 1. The van der Waals surface area contributed by atoms with Crippen LogP contribution in [0.1, 0.15) is 32.1 Å². The minimum atomic E-state index is -0.389. The maximum Gasteiger partial charge on any atom is 0.224 e. The summed E-state index contributed by atoms with van der Waals surface area (Å²) in [5.41, 5.74) is 6.03. The van der Waals surface area contributed by atoms with Crippen LogP contribution in [0.3, 0.4) is 0 Å². The number of amides is 1. The number of carbonyl (C=O) groups is 1. The van der Waals surface area contributed by atoms with Gasteiger partial charge in [0, 0.05) is 47.9 Å². The van der Waals surface area contributed by atoms with Crippen LogP contribution in [0, 0.1) is 11.7 Å². The second-order valence-corrected chi connectivity index (χ2v) is 12.8. The SMILES string of the molecule is O=C(CC1CCNCC1)Nc1cncc(-c2cc3c(-c4nc5c(-c6cc(F)cc(OCCN7CCCC7)c6)cncc5[nH]4)n[nH]c3cn2)c1. The topological polar surface area (TPSA) is 150 Å². The zero-order valence-corrected chi connectivity index (χ0v) is 27.0. The van der Waals surface area contributed by atoms with Crippen molar-refractivity contribution in [2.75, 3.05) is 44.6 Å². The molecule has 0 unspecified atom stereocenters. The van der Waals surface area contributed by atoms with E-state index in [9.17, 15) is 9.18 Å². The molecule has 12 nitrogen and oxygen atoms in total. The molecule has 5 aromatic heterocycles. The number of halogens is 1. The van der Waals surface area contributed by atoms with Crippen molar-refractivity contribution in [1.29, 1.82) is 0 Å². The summed E-state index contributed by atoms with van der Waals surface area (Å²) in [6.07, 6.45) is 13.4. The number of nitrogens with zero attached hydrogens (tertiary/aromatic N) is 6. The molecule has 2 aliphatic heterocycles. The van der Waals surface area contributed by atoms with E-state index in [0.29, 0.717) is 69.8 Å². The lowest BCUT2D eigenvalue weighted by molar-refractivity contribution is -0.117. The zero-order valence-electron chi connectivity index (χ0n) is 27.0. The number of imidazole rings is 1. The Morgan fingerprint density at radius 2 is 1.82 bits per heavy atom. The van der Waals surface area contributed by atoms with Gasteiger partial charge in [-0.25, -0.2) is 9.37 Å². The first-order valence-electron chi connectivity index (χ1n) is 16.9. The van der Waals surface area contributed by atoms with Gasteiger partial charge in [-0.05, 0) is 87.6 Å². The molecule has 49 heavy (non-hydrogen) atoms. The molecule has 0 saturated carbocycles. The van der Waals surface area contributed by atoms with Crippen LogP contribution < -0.4 is 15.4 Å². The molecule has 1 amide bonds. The van der Waals surface area contributed by atoms with Gasteiger partial charge in [-0.2, -0.15) is 5.10 Å². The van der Waals surface area contributed by atoms with Gasteiger partial charge in [0.1, 0.15) is 23.9 Å². The molecule has 2 fully saturated rings. The number of aromatic nitrogens is 7. The minimum absolute atomic E-state index is 0.00960. The summed E-state index contributed by atoms with van der Waals surface area (Å²) in [5, 5.41) is 14.8. The first-order valence-corrected chi connectivity index (χ1v) is 16.9. The normalized spacial score (nSPS) is 15.7. The van der Waals surface area contributed by atoms with Crippen molar-refractivity contribution < 1.29 is 13.9 Å². The van der Waals surface area contributed by atoms with Gasteiger partial charge in [0.15, 0.2) is 5.82 Å². The van der Waals surface area contributed by atoms with Crippen LogP contribution in [0.2, 0.25) is 0 Å². The molecule has 4 N–H and O–H groups in total. The molecule has 1 aromatic carbocycles. The third kappa shape index (κ3) is 6.85. The number of H-pyrrole nitrogens is 2. The summed E-state index contributed by atoms with van der Waals surface area (Å²) in [6.45, 7) is 5.38. The number of rotatable bonds is 10. The average Bonchev–Trinajstić information content (AvgIpc) is 3.88. The Labute approximate surface area is 281 Å². The van der Waals surface area contributed by atoms with E-state index in [0.717, 1.165) is 62.0 Å². The molecule has 2 aliphatic rings. The highest BCUT2D eigenvalue weighted by atomic mass is 19.1. The van der Waals surface area contributed by atoms with Gasteiger partial charge in [-0.3, -0.25) is 29.7 Å². The number of nitrogens with one attached hydrogen (secondary N) is 4. The van der Waals surface area contributed by atoms with Crippen LogP contribution in [0.15, 0.2) is 61.3 Å². The number of aromatic amines is 2. The smallest absolute Gasteiger partial charge is 0.224 e. The Kier molecular flexibility index (Phi) is 8.67. The fourth-order valence-electron chi connectivity index (χ4n) is 6.82. The van der Waals surface area contributed by atoms with Crippen molar-refractivity contribution in [3.05, 3.63) is 67.1 Å². The molecule has 250 valence electrons. The van der Waals surface area contributed by atoms with Crippen LogP contribution >= 0.6 is 0 Å². The number of benzene rings is 1. The van der Waals surface area contributed by atoms with Crippen molar-refractivity contribution >= 4 is 33.5 Å². The van der Waals surface area contributed by atoms with Gasteiger partial charge in [0.05, 0.1) is 46.5 Å². The number of anilines is 1. The van der Waals surface area contributed by atoms with Gasteiger partial charge in [0.2, 0.25) is 5.91 Å². The Morgan fingerprint density at radius 1 is 0.959 bits per heavy atom. The monoisotopic (exact) mass is 660 g/mol. The van der Waals surface area contributed by atoms with Gasteiger partial charge in [0.25, 0.3) is 0 Å². The first kappa shape index (κ1) is 31.0. The summed E-state index contributed by atoms with van der Waals surface area (Å²) in [4.78, 5) is 36.8. The molecule has 0 radical (unpaired) electrons. The molecule has 13 heteroatoms. The van der Waals surface area contributed by atoms with E-state index in [1.165, 1.54) is 25.0 Å². The third-order valence-electron chi connectivity index (χ3n) is 9.37. The molecule has 0 aliphatic carbocycles. The van der Waals surface area contributed by atoms with E-state index >= 15 is 0 Å². The van der Waals surface area contributed by atoms with Crippen LogP contribution in [-0.2, 0) is 4.79 Å². The van der Waals surface area contributed by atoms with Crippen LogP contribution in [0.4, 0.5) is 10.1 Å². The zero-order chi connectivity index (χ0) is 33.2. The van der Waals surface area contributed by atoms with Gasteiger partial charge in [-0.1, -0.05) is 0 Å². The Bertz CT molecular complexity index is 2120. The molecule has 6 aromatic rings. The number of hydrogen-bond donors (Lipinski definition) is 4. The summed E-state index contributed by atoms with van der Waals surface area (Å²) in [7, 11) is 0. The molecule has 7 heterocycles. The average molecular weight is 661 g/mol. The highest BCUT2D eigenvalue weighted by molar-refractivity contribution is 5.97. The number of carbonyl (C=O) groups excluding carboxylic acids is 1. The lowest BCUT2D eigenvalue weighted by atomic mass is 9.94. The van der Waals surface area contributed by atoms with E-state index in [-0.39, 0.29) is 11.7 Å². The summed E-state index contributed by atoms with van der Waals surface area (Å²) in [5.74, 6) is 0.994. The fraction of sp³-hybridized carbons (Fsp3) is 0.333. The highest BCUT2D eigenvalue weighted by Gasteiger charge is 2.19. The van der Waals surface area contributed by atoms with E-state index in [4.69, 9.17) is 9.72 Å². The lowest BCUT2D eigenvalue weighted by Gasteiger charge is -2.21. The molecule has 0 spiro atoms. The number of fused-ring (bicyclic) bond motifs is 2. The Morgan fingerprint density at radius 3 is 2.69 bits per heavy atom. The van der Waals surface area contributed by atoms with Gasteiger partial charge < -0.3 is 20.4 Å². The maximum absolute atomic E-state index is 14.8. The number of piperidine rings is 1. The fourth-order valence-corrected chi connectivity index (χ4v) is 6.82. The summed E-state index contributed by atoms with van der Waals surface area (Å²) >= 11 is 0. The standard InChI is InChI=1S/C36H37FN10O2/c37-25-12-23(14-27(15-25)49-10-9-47-7-1-2-8-47)29-19-40-20-32-34(29)44-36(43-32)35-28-16-30(41-21-31(28)45-46-35)24-13-26(18-39-17-24)42-33(48)11-22-3-5-38-6-4-22/h12-22,38H,1-11H2,(H,42,48)(H,43,44)(H,45,46). The quantitative estimate of drug-likeness (QED) is 0.148. The second-order valence-electron chi connectivity index (χ2n) is 12.8. The predicted octanol–water partition coefficient (Wildman–Crippen LogP) is 5.57. The van der Waals surface area contributed by atoms with E-state index in [1.807, 2.05) is 18.2 Å². The van der Waals surface area contributed by atoms with Crippen LogP contribution in [0.5, 0.6) is 5.75 Å². The molecule has 0 bridgehead atoms. The highest BCUT2D eigenvalue weighted by Crippen LogP contribution is 2.34. The lowest BCUT2D eigenvalue weighted by Crippen LogP contribution is -2.30. The first-order chi connectivity index (χ1) is 24.1. The molecular weight excluding hydrogens is 623 g/mol. The van der Waals surface area contributed by atoms with Gasteiger partial charge >= 0.3 is 0 Å². The minimum Gasteiger partial charge on any atom is -0.492 e. The Balaban J connectivity index is 1.05. The van der Waals surface area contributed by atoms with E-state index < -0.39 is 0 Å². The van der Waals surface area contributed by atoms with Crippen molar-refractivity contribution in [3.63, 3.8) is 0 Å². The van der Waals surface area contributed by atoms with Crippen molar-refractivity contribution in [3.8, 4) is 39.7 Å². The maximum atomic E-state index is 14.8. The summed E-state index contributed by atoms with van der Waals surface area (Å²) in [6, 6.07) is 8.52. The predicted molar refractivity (Wildman–Crippen MR) is 185 cm³/mol. The molecular formula is C36H37FN10O2. The van der Waals surface area contributed by atoms with Crippen molar-refractivity contribution in [2.45, 2.75) is 32.1 Å². The number of pyridine rings is 3. The van der Waals surface area contributed by atoms with Crippen LogP contribution in [0.25, 0.3) is 55.8 Å². The van der Waals surface area contributed by atoms with Gasteiger partial charge in [-0.15, -0.1) is 0 Å². The second kappa shape index (κ2) is 13.7. The Hall–Kier alpha value is -5.27. The molecule has 2 saturated heterocycles. The largest absolute Gasteiger partial charge is 0.492 e. The molecule has 8 rings (SSSR count). The molecule has 0 atom stereocenters. The number of hydrogen-bond acceptors (Lipinski definition) is 9. The van der Waals surface area contributed by atoms with Crippen molar-refractivity contribution in [2.24, 2.45) is 5.92 Å². The van der Waals surface area contributed by atoms with E-state index in [2.05, 4.69) is 45.7 Å². The van der Waals surface area contributed by atoms with E-state index in [1.54, 1.807) is 31.0 Å². The number of ether oxygens (including phenoxy) is 1. The third-order valence-corrected chi connectivity index (χ3v) is 9.37. The summed E-state index contributed by atoms with van der Waals surface area (Å²) < 4.78 is 20.8. The van der Waals surface area contributed by atoms with Crippen LogP contribution in [-0.4, -0.2) is 85.3 Å². The van der Waals surface area contributed by atoms with Crippen molar-refractivity contribution in [1.82, 2.24) is 45.3 Å².